The van der Waals surface area contributed by atoms with Gasteiger partial charge in [0, 0.05) is 6.42 Å². The quantitative estimate of drug-likeness (QED) is 0.376. The van der Waals surface area contributed by atoms with Gasteiger partial charge in [-0.15, -0.1) is 0 Å². The van der Waals surface area contributed by atoms with Crippen LogP contribution in [0, 0.1) is 17.8 Å². The Morgan fingerprint density at radius 3 is 2.21 bits per heavy atom. The second-order valence-corrected chi connectivity index (χ2v) is 8.17. The van der Waals surface area contributed by atoms with Crippen molar-refractivity contribution < 1.29 is 33.0 Å². The summed E-state index contributed by atoms with van der Waals surface area (Å²) in [5.74, 6) is -5.41. The highest BCUT2D eigenvalue weighted by Gasteiger charge is 2.53. The molecule has 0 aliphatic heterocycles. The molecule has 1 saturated carbocycles. The molecule has 2 N–H and O–H groups in total. The molecule has 29 heavy (non-hydrogen) atoms. The Hall–Kier alpha value is -1.37. The first-order valence-electron chi connectivity index (χ1n) is 10.8. The maximum absolute atomic E-state index is 13.3. The molecular formula is C22H35F3O4. The number of carbonyl (C=O) groups is 2. The molecule has 7 heteroatoms. The molecule has 1 aliphatic carbocycles. The lowest BCUT2D eigenvalue weighted by Crippen LogP contribution is -2.54. The maximum Gasteiger partial charge on any atom is 0.391 e. The van der Waals surface area contributed by atoms with Gasteiger partial charge in [0.25, 0.3) is 0 Å². The van der Waals surface area contributed by atoms with E-state index in [4.69, 9.17) is 0 Å². The summed E-state index contributed by atoms with van der Waals surface area (Å²) < 4.78 is 39.9. The third-order valence-corrected chi connectivity index (χ3v) is 6.12. The Kier molecular flexibility index (Phi) is 10.4. The van der Waals surface area contributed by atoms with Crippen molar-refractivity contribution in [3.63, 3.8) is 0 Å². The normalized spacial score (nSPS) is 19.9. The number of rotatable bonds is 13. The molecule has 0 spiro atoms. The maximum atomic E-state index is 13.3. The van der Waals surface area contributed by atoms with Crippen LogP contribution in [-0.4, -0.2) is 33.7 Å². The van der Waals surface area contributed by atoms with Crippen molar-refractivity contribution in [2.75, 3.05) is 0 Å². The first kappa shape index (κ1) is 25.7. The van der Waals surface area contributed by atoms with Crippen molar-refractivity contribution in [3.8, 4) is 0 Å². The van der Waals surface area contributed by atoms with Gasteiger partial charge in [0.1, 0.15) is 5.78 Å². The Balaban J connectivity index is 3.04. The number of halogens is 3. The number of aliphatic hydroxyl groups is 1. The number of alkyl halides is 3. The van der Waals surface area contributed by atoms with Gasteiger partial charge >= 0.3 is 12.1 Å². The van der Waals surface area contributed by atoms with Crippen LogP contribution in [0.25, 0.3) is 0 Å². The fourth-order valence-electron chi connectivity index (χ4n) is 4.34. The average molecular weight is 421 g/mol. The lowest BCUT2D eigenvalue weighted by Gasteiger charge is -2.36. The first-order valence-corrected chi connectivity index (χ1v) is 10.8. The van der Waals surface area contributed by atoms with Crippen LogP contribution < -0.4 is 0 Å². The number of hydrogen-bond donors (Lipinski definition) is 2. The minimum Gasteiger partial charge on any atom is -0.479 e. The molecule has 168 valence electrons. The molecule has 0 heterocycles. The second kappa shape index (κ2) is 11.7. The van der Waals surface area contributed by atoms with Gasteiger partial charge in [-0.1, -0.05) is 51.7 Å². The smallest absolute Gasteiger partial charge is 0.391 e. The summed E-state index contributed by atoms with van der Waals surface area (Å²) in [4.78, 5) is 24.9. The number of carboxylic acids is 1. The van der Waals surface area contributed by atoms with Gasteiger partial charge in [-0.2, -0.15) is 13.2 Å². The molecular weight excluding hydrogens is 385 g/mol. The molecule has 1 fully saturated rings. The van der Waals surface area contributed by atoms with E-state index >= 15 is 0 Å². The molecule has 1 aliphatic rings. The van der Waals surface area contributed by atoms with Crippen molar-refractivity contribution in [2.45, 2.75) is 96.3 Å². The number of carbonyl (C=O) groups excluding carboxylic acids is 1. The predicted octanol–water partition coefficient (Wildman–Crippen LogP) is 5.68. The Bertz CT molecular complexity index is 553. The molecule has 0 amide bonds. The molecule has 0 aromatic carbocycles. The SMILES string of the molecule is CCC=CC[C@@H](C(=O)CCC(CCCC)C(F)(F)F)[C@@](O)(C(=O)O)C1CCCC1. The van der Waals surface area contributed by atoms with E-state index in [9.17, 15) is 33.0 Å². The van der Waals surface area contributed by atoms with Gasteiger partial charge < -0.3 is 10.2 Å². The Morgan fingerprint density at radius 1 is 1.10 bits per heavy atom. The molecule has 1 rings (SSSR count). The zero-order chi connectivity index (χ0) is 22.1. The minimum absolute atomic E-state index is 0.0254. The van der Waals surface area contributed by atoms with Crippen LogP contribution >= 0.6 is 0 Å². The van der Waals surface area contributed by atoms with E-state index in [2.05, 4.69) is 0 Å². The molecule has 0 aromatic heterocycles. The van der Waals surface area contributed by atoms with Crippen LogP contribution in [0.4, 0.5) is 13.2 Å². The summed E-state index contributed by atoms with van der Waals surface area (Å²) in [6.45, 7) is 3.69. The first-order chi connectivity index (χ1) is 13.6. The third kappa shape index (κ3) is 7.12. The van der Waals surface area contributed by atoms with Gasteiger partial charge in [0.05, 0.1) is 11.8 Å². The molecule has 0 aromatic rings. The van der Waals surface area contributed by atoms with Crippen molar-refractivity contribution in [1.29, 1.82) is 0 Å². The molecule has 0 saturated heterocycles. The summed E-state index contributed by atoms with van der Waals surface area (Å²) in [5.41, 5.74) is -2.23. The molecule has 0 bridgehead atoms. The summed E-state index contributed by atoms with van der Waals surface area (Å²) >= 11 is 0. The van der Waals surface area contributed by atoms with E-state index in [-0.39, 0.29) is 25.7 Å². The van der Waals surface area contributed by atoms with Crippen LogP contribution in [0.15, 0.2) is 12.2 Å². The van der Waals surface area contributed by atoms with Gasteiger partial charge in [-0.25, -0.2) is 4.79 Å². The number of ketones is 1. The predicted molar refractivity (Wildman–Crippen MR) is 105 cm³/mol. The van der Waals surface area contributed by atoms with Crippen molar-refractivity contribution in [2.24, 2.45) is 17.8 Å². The summed E-state index contributed by atoms with van der Waals surface area (Å²) in [6.07, 6.45) is 2.59. The van der Waals surface area contributed by atoms with Crippen LogP contribution in [0.2, 0.25) is 0 Å². The van der Waals surface area contributed by atoms with E-state index in [1.165, 1.54) is 0 Å². The monoisotopic (exact) mass is 420 g/mol. The summed E-state index contributed by atoms with van der Waals surface area (Å²) in [7, 11) is 0. The number of carboxylic acid groups (broad SMARTS) is 1. The summed E-state index contributed by atoms with van der Waals surface area (Å²) in [6, 6.07) is 0. The van der Waals surface area contributed by atoms with Crippen LogP contribution in [0.5, 0.6) is 0 Å². The van der Waals surface area contributed by atoms with Crippen LogP contribution in [0.3, 0.4) is 0 Å². The van der Waals surface area contributed by atoms with E-state index in [0.717, 1.165) is 12.8 Å². The van der Waals surface area contributed by atoms with Gasteiger partial charge in [-0.05, 0) is 44.4 Å². The van der Waals surface area contributed by atoms with Crippen LogP contribution in [0.1, 0.15) is 84.5 Å². The van der Waals surface area contributed by atoms with E-state index < -0.39 is 41.3 Å². The lowest BCUT2D eigenvalue weighted by molar-refractivity contribution is -0.182. The van der Waals surface area contributed by atoms with Crippen LogP contribution in [-0.2, 0) is 9.59 Å². The van der Waals surface area contributed by atoms with E-state index in [1.807, 2.05) is 13.8 Å². The number of unbranched alkanes of at least 4 members (excludes halogenated alkanes) is 1. The molecule has 0 radical (unpaired) electrons. The highest BCUT2D eigenvalue weighted by molar-refractivity contribution is 5.90. The largest absolute Gasteiger partial charge is 0.479 e. The molecule has 4 nitrogen and oxygen atoms in total. The number of hydrogen-bond acceptors (Lipinski definition) is 3. The highest BCUT2D eigenvalue weighted by Crippen LogP contribution is 2.42. The zero-order valence-electron chi connectivity index (χ0n) is 17.5. The zero-order valence-corrected chi connectivity index (χ0v) is 17.5. The Labute approximate surface area is 171 Å². The fraction of sp³-hybridized carbons (Fsp3) is 0.818. The highest BCUT2D eigenvalue weighted by atomic mass is 19.4. The molecule has 3 atom stereocenters. The van der Waals surface area contributed by atoms with E-state index in [0.29, 0.717) is 32.1 Å². The standard InChI is InChI=1S/C22H35F3O4/c1-3-5-7-13-18(21(29,20(27)28)16-11-8-9-12-16)19(26)15-14-17(10-6-4-2)22(23,24)25/h5,7,16-18,29H,3-4,6,8-15H2,1-2H3,(H,27,28)/t17?,18-,21+/m0/s1. The number of Topliss-reactive ketones (excluding diaryl/α,β-unsaturated/α-hetero) is 1. The molecule has 1 unspecified atom stereocenters. The fourth-order valence-corrected chi connectivity index (χ4v) is 4.34. The Morgan fingerprint density at radius 2 is 1.72 bits per heavy atom. The average Bonchev–Trinajstić information content (AvgIpc) is 3.18. The third-order valence-electron chi connectivity index (χ3n) is 6.12. The van der Waals surface area contributed by atoms with Crippen molar-refractivity contribution >= 4 is 11.8 Å². The second-order valence-electron chi connectivity index (χ2n) is 8.17. The summed E-state index contributed by atoms with van der Waals surface area (Å²) in [5, 5.41) is 20.9. The minimum atomic E-state index is -4.39. The van der Waals surface area contributed by atoms with Crippen molar-refractivity contribution in [1.82, 2.24) is 0 Å². The lowest BCUT2D eigenvalue weighted by atomic mass is 9.71. The van der Waals surface area contributed by atoms with Gasteiger partial charge in [0.2, 0.25) is 0 Å². The van der Waals surface area contributed by atoms with Gasteiger partial charge in [0.15, 0.2) is 5.60 Å². The number of allylic oxidation sites excluding steroid dienone is 2. The van der Waals surface area contributed by atoms with Crippen molar-refractivity contribution in [3.05, 3.63) is 12.2 Å². The van der Waals surface area contributed by atoms with E-state index in [1.54, 1.807) is 12.2 Å². The number of aliphatic carboxylic acids is 1. The topological polar surface area (TPSA) is 74.6 Å². The van der Waals surface area contributed by atoms with Gasteiger partial charge in [-0.3, -0.25) is 4.79 Å².